The summed E-state index contributed by atoms with van der Waals surface area (Å²) in [4.78, 5) is 0. The number of rotatable bonds is 0. The Balaban J connectivity index is 0. The van der Waals surface area contributed by atoms with Crippen molar-refractivity contribution in [1.29, 1.82) is 0 Å². The fourth-order valence-corrected chi connectivity index (χ4v) is 0. The summed E-state index contributed by atoms with van der Waals surface area (Å²) in [7, 11) is 0. The van der Waals surface area contributed by atoms with Gasteiger partial charge in [-0.3, -0.25) is 0 Å². The van der Waals surface area contributed by atoms with E-state index in [4.69, 9.17) is 0 Å². The normalized spacial score (nSPS) is 0. The minimum absolute atomic E-state index is 0. The van der Waals surface area contributed by atoms with E-state index >= 15 is 0 Å². The smallest absolute Gasteiger partial charge is 0 e. The predicted octanol–water partition coefficient (Wildman–Crippen LogP) is -2.36. The van der Waals surface area contributed by atoms with Gasteiger partial charge in [-0.1, -0.05) is 7.43 Å². The van der Waals surface area contributed by atoms with E-state index in [1.165, 1.54) is 0 Å². The largest absolute Gasteiger partial charge is 1.00 e. The summed E-state index contributed by atoms with van der Waals surface area (Å²) in [6.07, 6.45) is 0. The minimum Gasteiger partial charge on any atom is -1.00 e. The Labute approximate surface area is 70.4 Å². The van der Waals surface area contributed by atoms with Crippen LogP contribution in [0.25, 0.3) is 0 Å². The molecule has 0 bridgehead atoms. The quantitative estimate of drug-likeness (QED) is 0.382. The molecule has 26 valence electrons. The van der Waals surface area contributed by atoms with Gasteiger partial charge in [0.1, 0.15) is 0 Å². The van der Waals surface area contributed by atoms with Gasteiger partial charge in [0.05, 0.1) is 0 Å². The van der Waals surface area contributed by atoms with E-state index in [-0.39, 0.29) is 71.5 Å². The molecule has 0 aromatic carbocycles. The van der Waals surface area contributed by atoms with E-state index < -0.39 is 0 Å². The maximum Gasteiger partial charge on any atom is 0 e. The van der Waals surface area contributed by atoms with Gasteiger partial charge in [-0.05, 0) is 0 Å². The second kappa shape index (κ2) is 22.0. The van der Waals surface area contributed by atoms with E-state index in [1.807, 2.05) is 0 Å². The monoisotopic (exact) mass is 157 g/mol. The van der Waals surface area contributed by atoms with Crippen molar-refractivity contribution in [3.05, 3.63) is 0 Å². The second-order valence-corrected chi connectivity index (χ2v) is 0. The Morgan fingerprint density at radius 3 is 1.00 bits per heavy atom. The third kappa shape index (κ3) is 9.29. The van der Waals surface area contributed by atoms with E-state index in [2.05, 4.69) is 0 Å². The molecule has 0 spiro atoms. The topological polar surface area (TPSA) is 36.5 Å². The first-order chi connectivity index (χ1) is 0. The van der Waals surface area contributed by atoms with Crippen LogP contribution in [0.15, 0.2) is 0 Å². The first-order valence-corrected chi connectivity index (χ1v) is 0. The molecule has 4 heavy (non-hydrogen) atoms. The Kier molecular flexibility index (Phi) is 235. The molecule has 0 amide bonds. The summed E-state index contributed by atoms with van der Waals surface area (Å²) in [6, 6.07) is 0. The van der Waals surface area contributed by atoms with Gasteiger partial charge in [0.2, 0.25) is 0 Å². The third-order valence-corrected chi connectivity index (χ3v) is 0. The molecule has 0 aromatic heterocycles. The first-order valence-electron chi connectivity index (χ1n) is 0. The molecule has 0 heterocycles. The van der Waals surface area contributed by atoms with Crippen molar-refractivity contribution in [1.82, 2.24) is 6.15 Å². The van der Waals surface area contributed by atoms with Crippen molar-refractivity contribution < 1.29 is 12.4 Å². The van der Waals surface area contributed by atoms with Crippen LogP contribution >= 0.6 is 0 Å². The standard InChI is InChI=1S/CH4.ClH.H3N.Sr/h1H4;1H;1H3;. The average Bonchev–Trinajstić information content (AvgIpc) is 0. The van der Waals surface area contributed by atoms with Gasteiger partial charge in [-0.15, -0.1) is 0 Å². The van der Waals surface area contributed by atoms with Crippen LogP contribution in [0.1, 0.15) is 7.43 Å². The van der Waals surface area contributed by atoms with Crippen molar-refractivity contribution in [2.24, 2.45) is 0 Å². The van der Waals surface area contributed by atoms with Crippen molar-refractivity contribution in [2.45, 2.75) is 7.43 Å². The zero-order chi connectivity index (χ0) is 0. The van der Waals surface area contributed by atoms with Crippen molar-refractivity contribution in [3.8, 4) is 0 Å². The van der Waals surface area contributed by atoms with Gasteiger partial charge >= 0.3 is 0 Å². The predicted molar refractivity (Wildman–Crippen MR) is 18.5 cm³/mol. The molecule has 1 nitrogen and oxygen atoms in total. The van der Waals surface area contributed by atoms with Crippen LogP contribution in [0.4, 0.5) is 0 Å². The number of quaternary nitrogens is 1. The first kappa shape index (κ1) is 42.8. The summed E-state index contributed by atoms with van der Waals surface area (Å²) in [5.74, 6) is 0. The van der Waals surface area contributed by atoms with Gasteiger partial charge in [0.25, 0.3) is 0 Å². The van der Waals surface area contributed by atoms with Crippen LogP contribution in [-0.4, -0.2) is 45.5 Å². The van der Waals surface area contributed by atoms with Crippen molar-refractivity contribution in [3.63, 3.8) is 0 Å². The summed E-state index contributed by atoms with van der Waals surface area (Å²) < 4.78 is 0. The number of halogens is 1. The molecule has 2 radical (unpaired) electrons. The van der Waals surface area contributed by atoms with Crippen LogP contribution < -0.4 is 18.6 Å². The molecule has 0 saturated carbocycles. The van der Waals surface area contributed by atoms with E-state index in [0.717, 1.165) is 0 Å². The molecule has 0 saturated heterocycles. The van der Waals surface area contributed by atoms with E-state index in [1.54, 1.807) is 0 Å². The molecule has 0 aromatic rings. The number of hydrogen-bond donors (Lipinski definition) is 1. The maximum atomic E-state index is 0. The molecule has 3 heteroatoms. The van der Waals surface area contributed by atoms with Gasteiger partial charge < -0.3 is 18.6 Å². The van der Waals surface area contributed by atoms with Crippen LogP contribution in [0, 0.1) is 0 Å². The molecule has 0 rings (SSSR count). The van der Waals surface area contributed by atoms with Gasteiger partial charge in [-0.2, -0.15) is 0 Å². The zero-order valence-electron chi connectivity index (χ0n) is 2.09. The SMILES string of the molecule is C.[Cl-].[NH4+].[Sr]. The van der Waals surface area contributed by atoms with E-state index in [9.17, 15) is 0 Å². The Morgan fingerprint density at radius 2 is 1.00 bits per heavy atom. The van der Waals surface area contributed by atoms with Gasteiger partial charge in [-0.25, -0.2) is 0 Å². The molecule has 0 aliphatic rings. The van der Waals surface area contributed by atoms with Crippen molar-refractivity contribution >= 4 is 45.5 Å². The van der Waals surface area contributed by atoms with E-state index in [0.29, 0.717) is 0 Å². The molecule has 0 atom stereocenters. The summed E-state index contributed by atoms with van der Waals surface area (Å²) in [6.45, 7) is 0. The molecule has 0 unspecified atom stereocenters. The van der Waals surface area contributed by atoms with Crippen LogP contribution in [0.5, 0.6) is 0 Å². The van der Waals surface area contributed by atoms with Gasteiger partial charge in [0, 0.05) is 45.5 Å². The number of hydrogen-bond acceptors (Lipinski definition) is 0. The maximum absolute atomic E-state index is 0. The fraction of sp³-hybridized carbons (Fsp3) is 1.00. The fourth-order valence-electron chi connectivity index (χ4n) is 0. The van der Waals surface area contributed by atoms with Crippen LogP contribution in [0.3, 0.4) is 0 Å². The molecular formula is CH8ClNSr. The van der Waals surface area contributed by atoms with Crippen molar-refractivity contribution in [2.75, 3.05) is 0 Å². The molecule has 0 aliphatic carbocycles. The molecule has 0 fully saturated rings. The molecular weight excluding hydrogens is 149 g/mol. The van der Waals surface area contributed by atoms with Crippen LogP contribution in [0.2, 0.25) is 0 Å². The summed E-state index contributed by atoms with van der Waals surface area (Å²) in [5, 5.41) is 0. The Bertz CT molecular complexity index is 8.00. The molecule has 0 aliphatic heterocycles. The van der Waals surface area contributed by atoms with Gasteiger partial charge in [0.15, 0.2) is 0 Å². The summed E-state index contributed by atoms with van der Waals surface area (Å²) >= 11 is 0. The Hall–Kier alpha value is 1.73. The minimum atomic E-state index is 0. The third-order valence-electron chi connectivity index (χ3n) is 0. The molecule has 4 N–H and O–H groups in total. The summed E-state index contributed by atoms with van der Waals surface area (Å²) in [5.41, 5.74) is 0. The second-order valence-electron chi connectivity index (χ2n) is 0. The zero-order valence-corrected chi connectivity index (χ0v) is 6.32. The Morgan fingerprint density at radius 1 is 1.00 bits per heavy atom. The van der Waals surface area contributed by atoms with Crippen LogP contribution in [-0.2, 0) is 0 Å². The average molecular weight is 157 g/mol.